The first kappa shape index (κ1) is 13.9. The summed E-state index contributed by atoms with van der Waals surface area (Å²) in [7, 11) is 1.67. The Morgan fingerprint density at radius 2 is 2.10 bits per heavy atom. The van der Waals surface area contributed by atoms with E-state index in [4.69, 9.17) is 0 Å². The van der Waals surface area contributed by atoms with Crippen molar-refractivity contribution in [2.45, 2.75) is 13.0 Å². The van der Waals surface area contributed by atoms with Gasteiger partial charge in [-0.2, -0.15) is 0 Å². The molecule has 2 heterocycles. The molecule has 1 aliphatic heterocycles. The summed E-state index contributed by atoms with van der Waals surface area (Å²) in [5, 5.41) is 2.19. The van der Waals surface area contributed by atoms with E-state index in [1.165, 1.54) is 4.90 Å². The zero-order valence-corrected chi connectivity index (χ0v) is 11.2. The number of carbonyl (C=O) groups excluding carboxylic acids is 3. The number of aromatic nitrogens is 2. The van der Waals surface area contributed by atoms with E-state index in [0.717, 1.165) is 0 Å². The maximum absolute atomic E-state index is 12.2. The Kier molecular flexibility index (Phi) is 3.92. The maximum Gasteiger partial charge on any atom is 0.249 e. The van der Waals surface area contributed by atoms with Crippen molar-refractivity contribution in [3.05, 3.63) is 18.5 Å². The van der Waals surface area contributed by atoms with Crippen molar-refractivity contribution in [2.24, 2.45) is 0 Å². The van der Waals surface area contributed by atoms with Gasteiger partial charge in [0.1, 0.15) is 12.6 Å². The molecule has 0 spiro atoms. The second-order valence-corrected chi connectivity index (χ2v) is 4.51. The van der Waals surface area contributed by atoms with Gasteiger partial charge in [0.2, 0.25) is 23.7 Å². The van der Waals surface area contributed by atoms with E-state index in [0.29, 0.717) is 5.95 Å². The number of hydrogen-bond donors (Lipinski definition) is 1. The van der Waals surface area contributed by atoms with Gasteiger partial charge in [-0.1, -0.05) is 0 Å². The van der Waals surface area contributed by atoms with Crippen LogP contribution in [0.15, 0.2) is 18.5 Å². The monoisotopic (exact) mass is 277 g/mol. The summed E-state index contributed by atoms with van der Waals surface area (Å²) in [4.78, 5) is 45.9. The van der Waals surface area contributed by atoms with Crippen LogP contribution in [0, 0.1) is 0 Å². The number of rotatable bonds is 3. The van der Waals surface area contributed by atoms with E-state index in [2.05, 4.69) is 15.3 Å². The van der Waals surface area contributed by atoms with Crippen LogP contribution in [-0.4, -0.2) is 58.8 Å². The molecule has 1 fully saturated rings. The molecule has 0 radical (unpaired) electrons. The Bertz CT molecular complexity index is 533. The zero-order valence-electron chi connectivity index (χ0n) is 11.2. The van der Waals surface area contributed by atoms with Crippen molar-refractivity contribution in [2.75, 3.05) is 25.0 Å². The third-order valence-corrected chi connectivity index (χ3v) is 3.01. The van der Waals surface area contributed by atoms with Crippen LogP contribution in [0.2, 0.25) is 0 Å². The van der Waals surface area contributed by atoms with E-state index in [-0.39, 0.29) is 19.0 Å². The molecule has 1 N–H and O–H groups in total. The van der Waals surface area contributed by atoms with Gasteiger partial charge in [0.25, 0.3) is 0 Å². The molecule has 1 atom stereocenters. The number of carbonyl (C=O) groups is 3. The summed E-state index contributed by atoms with van der Waals surface area (Å²) in [6.45, 7) is 1.46. The topological polar surface area (TPSA) is 95.5 Å². The van der Waals surface area contributed by atoms with E-state index in [1.54, 1.807) is 37.3 Å². The van der Waals surface area contributed by atoms with Crippen LogP contribution in [0.4, 0.5) is 5.95 Å². The fraction of sp³-hybridized carbons (Fsp3) is 0.417. The van der Waals surface area contributed by atoms with Crippen LogP contribution >= 0.6 is 0 Å². The van der Waals surface area contributed by atoms with Crippen LogP contribution < -0.4 is 10.2 Å². The van der Waals surface area contributed by atoms with Gasteiger partial charge in [0.15, 0.2) is 0 Å². The molecule has 106 valence electrons. The molecule has 0 aromatic carbocycles. The molecule has 1 unspecified atom stereocenters. The lowest BCUT2D eigenvalue weighted by Gasteiger charge is -2.32. The van der Waals surface area contributed by atoms with Crippen molar-refractivity contribution < 1.29 is 14.4 Å². The predicted molar refractivity (Wildman–Crippen MR) is 69.6 cm³/mol. The maximum atomic E-state index is 12.2. The van der Waals surface area contributed by atoms with E-state index >= 15 is 0 Å². The van der Waals surface area contributed by atoms with Crippen LogP contribution in [0.1, 0.15) is 6.92 Å². The fourth-order valence-electron chi connectivity index (χ4n) is 1.87. The standard InChI is InChI=1S/C12H15N5O3/c1-8-11(20)15-9(18)6-17(8)10(19)7-16(2)12-13-4-3-5-14-12/h3-5,8H,6-7H2,1-2H3,(H,15,18,20). The average Bonchev–Trinajstić information content (AvgIpc) is 2.43. The minimum atomic E-state index is -0.662. The molecule has 8 nitrogen and oxygen atoms in total. The van der Waals surface area contributed by atoms with Gasteiger partial charge in [-0.3, -0.25) is 19.7 Å². The fourth-order valence-corrected chi connectivity index (χ4v) is 1.87. The lowest BCUT2D eigenvalue weighted by molar-refractivity contribution is -0.148. The number of anilines is 1. The Balaban J connectivity index is 2.04. The molecule has 2 rings (SSSR count). The summed E-state index contributed by atoms with van der Waals surface area (Å²) in [6.07, 6.45) is 3.15. The highest BCUT2D eigenvalue weighted by Gasteiger charge is 2.33. The highest BCUT2D eigenvalue weighted by molar-refractivity contribution is 6.04. The summed E-state index contributed by atoms with van der Waals surface area (Å²) in [5.41, 5.74) is 0. The minimum Gasteiger partial charge on any atom is -0.335 e. The Morgan fingerprint density at radius 1 is 1.45 bits per heavy atom. The molecule has 0 bridgehead atoms. The molecule has 1 saturated heterocycles. The summed E-state index contributed by atoms with van der Waals surface area (Å²) < 4.78 is 0. The molecular formula is C12H15N5O3. The largest absolute Gasteiger partial charge is 0.335 e. The van der Waals surface area contributed by atoms with Crippen LogP contribution in [-0.2, 0) is 14.4 Å². The first-order valence-electron chi connectivity index (χ1n) is 6.10. The first-order chi connectivity index (χ1) is 9.49. The van der Waals surface area contributed by atoms with Crippen molar-refractivity contribution in [1.82, 2.24) is 20.2 Å². The molecule has 1 aliphatic rings. The molecule has 1 aromatic rings. The lowest BCUT2D eigenvalue weighted by Crippen LogP contribution is -2.60. The van der Waals surface area contributed by atoms with Gasteiger partial charge >= 0.3 is 0 Å². The van der Waals surface area contributed by atoms with Crippen molar-refractivity contribution in [1.29, 1.82) is 0 Å². The molecule has 0 saturated carbocycles. The molecule has 8 heteroatoms. The third-order valence-electron chi connectivity index (χ3n) is 3.01. The highest BCUT2D eigenvalue weighted by atomic mass is 16.2. The van der Waals surface area contributed by atoms with Gasteiger partial charge in [0, 0.05) is 19.4 Å². The predicted octanol–water partition coefficient (Wildman–Crippen LogP) is -1.21. The zero-order chi connectivity index (χ0) is 14.7. The van der Waals surface area contributed by atoms with Crippen LogP contribution in [0.25, 0.3) is 0 Å². The van der Waals surface area contributed by atoms with Crippen molar-refractivity contribution in [3.8, 4) is 0 Å². The number of amides is 3. The van der Waals surface area contributed by atoms with Gasteiger partial charge in [-0.15, -0.1) is 0 Å². The summed E-state index contributed by atoms with van der Waals surface area (Å²) in [5.74, 6) is -0.856. The Hall–Kier alpha value is -2.51. The average molecular weight is 277 g/mol. The van der Waals surface area contributed by atoms with Gasteiger partial charge in [-0.05, 0) is 13.0 Å². The Morgan fingerprint density at radius 3 is 2.75 bits per heavy atom. The normalized spacial score (nSPS) is 18.7. The number of imide groups is 1. The van der Waals surface area contributed by atoms with Crippen LogP contribution in [0.3, 0.4) is 0 Å². The van der Waals surface area contributed by atoms with E-state index in [1.807, 2.05) is 0 Å². The number of piperazine rings is 1. The minimum absolute atomic E-state index is 0.00505. The van der Waals surface area contributed by atoms with Crippen LogP contribution in [0.5, 0.6) is 0 Å². The molecule has 1 aromatic heterocycles. The number of likely N-dealkylation sites (N-methyl/N-ethyl adjacent to an activating group) is 1. The molecule has 0 aliphatic carbocycles. The lowest BCUT2D eigenvalue weighted by atomic mass is 10.2. The van der Waals surface area contributed by atoms with Crippen molar-refractivity contribution in [3.63, 3.8) is 0 Å². The second kappa shape index (κ2) is 5.64. The van der Waals surface area contributed by atoms with Gasteiger partial charge in [0.05, 0.1) is 6.54 Å². The first-order valence-corrected chi connectivity index (χ1v) is 6.10. The number of nitrogens with one attached hydrogen (secondary N) is 1. The Labute approximate surface area is 115 Å². The SMILES string of the molecule is CC1C(=O)NC(=O)CN1C(=O)CN(C)c1ncccn1. The number of nitrogens with zero attached hydrogens (tertiary/aromatic N) is 4. The highest BCUT2D eigenvalue weighted by Crippen LogP contribution is 2.08. The van der Waals surface area contributed by atoms with Crippen molar-refractivity contribution >= 4 is 23.7 Å². The van der Waals surface area contributed by atoms with E-state index in [9.17, 15) is 14.4 Å². The molecule has 20 heavy (non-hydrogen) atoms. The summed E-state index contributed by atoms with van der Waals surface area (Å²) >= 11 is 0. The van der Waals surface area contributed by atoms with Gasteiger partial charge in [-0.25, -0.2) is 9.97 Å². The third kappa shape index (κ3) is 2.90. The molecular weight excluding hydrogens is 262 g/mol. The van der Waals surface area contributed by atoms with E-state index < -0.39 is 17.9 Å². The smallest absolute Gasteiger partial charge is 0.249 e. The quantitative estimate of drug-likeness (QED) is 0.696. The summed E-state index contributed by atoms with van der Waals surface area (Å²) in [6, 6.07) is 1.01. The second-order valence-electron chi connectivity index (χ2n) is 4.51. The molecule has 3 amide bonds. The van der Waals surface area contributed by atoms with Gasteiger partial charge < -0.3 is 9.80 Å². The number of hydrogen-bond acceptors (Lipinski definition) is 6.